The van der Waals surface area contributed by atoms with Gasteiger partial charge in [0.15, 0.2) is 0 Å². The van der Waals surface area contributed by atoms with Crippen molar-refractivity contribution in [1.29, 1.82) is 0 Å². The van der Waals surface area contributed by atoms with E-state index in [4.69, 9.17) is 4.98 Å². The lowest BCUT2D eigenvalue weighted by atomic mass is 9.98. The Balaban J connectivity index is 1.57. The highest BCUT2D eigenvalue weighted by Crippen LogP contribution is 2.32. The largest absolute Gasteiger partial charge is 0.353 e. The topological polar surface area (TPSA) is 65.5 Å². The molecule has 0 saturated carbocycles. The van der Waals surface area contributed by atoms with E-state index in [-0.39, 0.29) is 30.9 Å². The third-order valence-corrected chi connectivity index (χ3v) is 5.90. The summed E-state index contributed by atoms with van der Waals surface area (Å²) < 4.78 is 1.20. The molecule has 2 amide bonds. The summed E-state index contributed by atoms with van der Waals surface area (Å²) in [7, 11) is 1.81. The van der Waals surface area contributed by atoms with Crippen LogP contribution in [0.3, 0.4) is 0 Å². The lowest BCUT2D eigenvalue weighted by Crippen LogP contribution is -2.46. The third kappa shape index (κ3) is 5.26. The third-order valence-electron chi connectivity index (χ3n) is 4.70. The van der Waals surface area contributed by atoms with Crippen LogP contribution in [-0.4, -0.2) is 65.9 Å². The van der Waals surface area contributed by atoms with Gasteiger partial charge in [-0.05, 0) is 45.9 Å². The number of para-hydroxylation sites is 1. The highest BCUT2D eigenvalue weighted by atomic mass is 32.1. The number of nitrogens with zero attached hydrogens (tertiary/aromatic N) is 3. The predicted octanol–water partition coefficient (Wildman–Crippen LogP) is 2.46. The van der Waals surface area contributed by atoms with Gasteiger partial charge >= 0.3 is 0 Å². The van der Waals surface area contributed by atoms with Gasteiger partial charge in [-0.3, -0.25) is 14.5 Å². The summed E-state index contributed by atoms with van der Waals surface area (Å²) >= 11 is 1.73. The number of fused-ring (bicyclic) bond motifs is 1. The zero-order chi connectivity index (χ0) is 19.4. The van der Waals surface area contributed by atoms with Crippen molar-refractivity contribution in [2.45, 2.75) is 38.6 Å². The molecule has 7 heteroatoms. The molecule has 1 saturated heterocycles. The normalized spacial score (nSPS) is 17.7. The number of nitrogens with one attached hydrogen (secondary N) is 1. The number of carbonyl (C=O) groups excluding carboxylic acids is 2. The minimum absolute atomic E-state index is 0.0497. The van der Waals surface area contributed by atoms with Crippen LogP contribution in [0.4, 0.5) is 0 Å². The number of likely N-dealkylation sites (N-methyl/N-ethyl adjacent to an activating group) is 1. The molecule has 0 unspecified atom stereocenters. The minimum Gasteiger partial charge on any atom is -0.353 e. The Hall–Kier alpha value is -1.99. The van der Waals surface area contributed by atoms with Gasteiger partial charge < -0.3 is 10.2 Å². The van der Waals surface area contributed by atoms with Crippen molar-refractivity contribution < 1.29 is 9.59 Å². The maximum atomic E-state index is 12.7. The fourth-order valence-electron chi connectivity index (χ4n) is 3.47. The summed E-state index contributed by atoms with van der Waals surface area (Å²) in [5, 5.41) is 3.98. The fourth-order valence-corrected chi connectivity index (χ4v) is 4.56. The molecule has 27 heavy (non-hydrogen) atoms. The number of amides is 2. The molecule has 0 spiro atoms. The highest BCUT2D eigenvalue weighted by Gasteiger charge is 2.27. The van der Waals surface area contributed by atoms with Crippen molar-refractivity contribution in [1.82, 2.24) is 20.1 Å². The molecule has 1 aromatic heterocycles. The van der Waals surface area contributed by atoms with Crippen molar-refractivity contribution >= 4 is 33.4 Å². The second kappa shape index (κ2) is 8.80. The monoisotopic (exact) mass is 388 g/mol. The van der Waals surface area contributed by atoms with E-state index >= 15 is 0 Å². The van der Waals surface area contributed by atoms with E-state index in [1.165, 1.54) is 4.70 Å². The first kappa shape index (κ1) is 19.8. The summed E-state index contributed by atoms with van der Waals surface area (Å²) in [5.41, 5.74) is 1.04. The van der Waals surface area contributed by atoms with Crippen LogP contribution in [0.1, 0.15) is 37.6 Å². The van der Waals surface area contributed by atoms with Crippen LogP contribution in [0, 0.1) is 0 Å². The second-order valence-electron chi connectivity index (χ2n) is 7.59. The number of thiazole rings is 1. The van der Waals surface area contributed by atoms with Gasteiger partial charge in [-0.15, -0.1) is 11.3 Å². The minimum atomic E-state index is -0.0497. The Morgan fingerprint density at radius 1 is 1.33 bits per heavy atom. The summed E-state index contributed by atoms with van der Waals surface area (Å²) in [4.78, 5) is 33.0. The number of piperidine rings is 1. The molecule has 1 aliphatic rings. The Kier molecular flexibility index (Phi) is 6.44. The van der Waals surface area contributed by atoms with Gasteiger partial charge in [0.05, 0.1) is 28.3 Å². The molecule has 2 aromatic rings. The average molecular weight is 389 g/mol. The Bertz CT molecular complexity index is 771. The molecule has 0 aliphatic carbocycles. The average Bonchev–Trinajstić information content (AvgIpc) is 3.05. The zero-order valence-corrected chi connectivity index (χ0v) is 17.1. The first-order valence-corrected chi connectivity index (χ1v) is 10.3. The van der Waals surface area contributed by atoms with Gasteiger partial charge in [-0.2, -0.15) is 0 Å². The van der Waals surface area contributed by atoms with Gasteiger partial charge in [-0.25, -0.2) is 4.98 Å². The molecular weight excluding hydrogens is 360 g/mol. The number of rotatable bonds is 6. The smallest absolute Gasteiger partial charge is 0.236 e. The van der Waals surface area contributed by atoms with E-state index in [1.54, 1.807) is 16.2 Å². The number of likely N-dealkylation sites (tertiary alicyclic amines) is 1. The van der Waals surface area contributed by atoms with Crippen molar-refractivity contribution in [3.63, 3.8) is 0 Å². The van der Waals surface area contributed by atoms with Crippen LogP contribution < -0.4 is 5.32 Å². The first-order valence-electron chi connectivity index (χ1n) is 9.53. The molecule has 1 N–H and O–H groups in total. The van der Waals surface area contributed by atoms with Gasteiger partial charge in [0.25, 0.3) is 0 Å². The zero-order valence-electron chi connectivity index (χ0n) is 16.3. The quantitative estimate of drug-likeness (QED) is 0.826. The molecule has 6 nitrogen and oxygen atoms in total. The van der Waals surface area contributed by atoms with Gasteiger partial charge in [0, 0.05) is 25.0 Å². The molecule has 1 aromatic carbocycles. The van der Waals surface area contributed by atoms with Crippen molar-refractivity contribution in [3.8, 4) is 0 Å². The summed E-state index contributed by atoms with van der Waals surface area (Å²) in [6, 6.07) is 8.29. The molecule has 1 atom stereocenters. The van der Waals surface area contributed by atoms with Gasteiger partial charge in [0.2, 0.25) is 11.8 Å². The Morgan fingerprint density at radius 2 is 2.11 bits per heavy atom. The molecule has 146 valence electrons. The van der Waals surface area contributed by atoms with Crippen molar-refractivity contribution in [3.05, 3.63) is 29.3 Å². The summed E-state index contributed by atoms with van der Waals surface area (Å²) in [6.45, 7) is 5.85. The molecule has 3 rings (SSSR count). The molecule has 0 radical (unpaired) electrons. The standard InChI is InChI=1S/C20H28N4O2S/c1-14(2)21-18(25)12-23(3)13-19(26)24-10-6-7-15(11-24)20-22-16-8-4-5-9-17(16)27-20/h4-5,8-9,14-15H,6-7,10-13H2,1-3H3,(H,21,25)/t15-/m0/s1. The number of aromatic nitrogens is 1. The van der Waals surface area contributed by atoms with Crippen molar-refractivity contribution in [2.75, 3.05) is 33.2 Å². The fraction of sp³-hybridized carbons (Fsp3) is 0.550. The highest BCUT2D eigenvalue weighted by molar-refractivity contribution is 7.18. The van der Waals surface area contributed by atoms with E-state index in [2.05, 4.69) is 11.4 Å². The number of hydrogen-bond donors (Lipinski definition) is 1. The molecule has 1 aliphatic heterocycles. The maximum Gasteiger partial charge on any atom is 0.236 e. The van der Waals surface area contributed by atoms with E-state index in [0.717, 1.165) is 29.9 Å². The summed E-state index contributed by atoms with van der Waals surface area (Å²) in [5.74, 6) is 0.335. The van der Waals surface area contributed by atoms with Crippen LogP contribution in [0.25, 0.3) is 10.2 Å². The van der Waals surface area contributed by atoms with Crippen LogP contribution in [0.15, 0.2) is 24.3 Å². The SMILES string of the molecule is CC(C)NC(=O)CN(C)CC(=O)N1CCC[C@H](c2nc3ccccc3s2)C1. The number of hydrogen-bond acceptors (Lipinski definition) is 5. The lowest BCUT2D eigenvalue weighted by Gasteiger charge is -2.33. The second-order valence-corrected chi connectivity index (χ2v) is 8.66. The van der Waals surface area contributed by atoms with E-state index in [1.807, 2.05) is 44.0 Å². The van der Waals surface area contributed by atoms with Crippen LogP contribution in [0.5, 0.6) is 0 Å². The van der Waals surface area contributed by atoms with E-state index in [0.29, 0.717) is 12.5 Å². The molecule has 1 fully saturated rings. The van der Waals surface area contributed by atoms with Crippen LogP contribution >= 0.6 is 11.3 Å². The van der Waals surface area contributed by atoms with Gasteiger partial charge in [0.1, 0.15) is 0 Å². The number of carbonyl (C=O) groups is 2. The molecular formula is C20H28N4O2S. The summed E-state index contributed by atoms with van der Waals surface area (Å²) in [6.07, 6.45) is 2.06. The van der Waals surface area contributed by atoms with Crippen molar-refractivity contribution in [2.24, 2.45) is 0 Å². The Morgan fingerprint density at radius 3 is 2.85 bits per heavy atom. The van der Waals surface area contributed by atoms with E-state index < -0.39 is 0 Å². The molecule has 0 bridgehead atoms. The maximum absolute atomic E-state index is 12.7. The first-order chi connectivity index (χ1) is 12.9. The van der Waals surface area contributed by atoms with Gasteiger partial charge in [-0.1, -0.05) is 12.1 Å². The Labute approximate surface area is 164 Å². The van der Waals surface area contributed by atoms with Crippen LogP contribution in [-0.2, 0) is 9.59 Å². The van der Waals surface area contributed by atoms with Crippen LogP contribution in [0.2, 0.25) is 0 Å². The number of benzene rings is 1. The predicted molar refractivity (Wildman–Crippen MR) is 109 cm³/mol. The van der Waals surface area contributed by atoms with E-state index in [9.17, 15) is 9.59 Å². The lowest BCUT2D eigenvalue weighted by molar-refractivity contribution is -0.133. The molecule has 2 heterocycles.